The van der Waals surface area contributed by atoms with Gasteiger partial charge in [-0.25, -0.2) is 0 Å². The second-order valence-electron chi connectivity index (χ2n) is 12.6. The first-order chi connectivity index (χ1) is 16.2. The van der Waals surface area contributed by atoms with Crippen molar-refractivity contribution in [1.29, 1.82) is 0 Å². The molecule has 3 N–H and O–H groups in total. The maximum Gasteiger partial charge on any atom is 0.246 e. The lowest BCUT2D eigenvalue weighted by Gasteiger charge is -2.38. The highest BCUT2D eigenvalue weighted by Crippen LogP contribution is 2.65. The molecule has 2 aliphatic heterocycles. The molecule has 2 heterocycles. The van der Waals surface area contributed by atoms with Crippen LogP contribution in [0.5, 0.6) is 0 Å². The molecule has 196 valence electrons. The van der Waals surface area contributed by atoms with E-state index in [0.29, 0.717) is 32.2 Å². The van der Waals surface area contributed by atoms with Gasteiger partial charge in [-0.15, -0.1) is 0 Å². The van der Waals surface area contributed by atoms with Crippen LogP contribution < -0.4 is 16.0 Å². The number of rotatable bonds is 9. The van der Waals surface area contributed by atoms with Gasteiger partial charge in [-0.1, -0.05) is 48.5 Å². The molecule has 0 radical (unpaired) electrons. The monoisotopic (exact) mass is 490 g/mol. The smallest absolute Gasteiger partial charge is 0.246 e. The molecule has 1 aliphatic carbocycles. The van der Waals surface area contributed by atoms with Gasteiger partial charge < -0.3 is 25.6 Å². The summed E-state index contributed by atoms with van der Waals surface area (Å²) in [6.07, 6.45) is 1.87. The standard InChI is InChI=1S/C26H42N4O5/c1-14(2)10-18(32)29-21(25(3,4)5)24(35)30-12-17-19(26(17,6)7)20(30)23(34)28-16(13-31)11-15-8-9-27-22(15)33/h13-17,19-21H,8-12H2,1-7H3,(H,27,33)(H,28,34)(H,29,32)/t15-,16?,17-,19-,20-,21?/m0/s1. The van der Waals surface area contributed by atoms with Crippen LogP contribution in [-0.2, 0) is 24.0 Å². The Hall–Kier alpha value is -2.45. The molecule has 3 aliphatic rings. The van der Waals surface area contributed by atoms with Crippen molar-refractivity contribution in [2.45, 2.75) is 85.9 Å². The van der Waals surface area contributed by atoms with Crippen LogP contribution in [0.2, 0.25) is 0 Å². The number of hydrogen-bond acceptors (Lipinski definition) is 5. The van der Waals surface area contributed by atoms with Gasteiger partial charge in [0.15, 0.2) is 0 Å². The number of hydrogen-bond donors (Lipinski definition) is 3. The third kappa shape index (κ3) is 5.70. The molecule has 0 bridgehead atoms. The first kappa shape index (κ1) is 27.1. The van der Waals surface area contributed by atoms with Gasteiger partial charge in [0.05, 0.1) is 6.04 Å². The Kier molecular flexibility index (Phi) is 7.67. The average Bonchev–Trinajstić information content (AvgIpc) is 3.09. The lowest BCUT2D eigenvalue weighted by molar-refractivity contribution is -0.146. The number of likely N-dealkylation sites (tertiary alicyclic amines) is 1. The van der Waals surface area contributed by atoms with Crippen LogP contribution >= 0.6 is 0 Å². The predicted molar refractivity (Wildman–Crippen MR) is 131 cm³/mol. The lowest BCUT2D eigenvalue weighted by atomic mass is 9.85. The molecule has 2 unspecified atom stereocenters. The first-order valence-corrected chi connectivity index (χ1v) is 12.8. The van der Waals surface area contributed by atoms with Gasteiger partial charge in [0.1, 0.15) is 18.4 Å². The van der Waals surface area contributed by atoms with E-state index in [4.69, 9.17) is 0 Å². The summed E-state index contributed by atoms with van der Waals surface area (Å²) >= 11 is 0. The lowest BCUT2D eigenvalue weighted by Crippen LogP contribution is -2.60. The summed E-state index contributed by atoms with van der Waals surface area (Å²) in [6.45, 7) is 14.8. The number of amides is 4. The predicted octanol–water partition coefficient (Wildman–Crippen LogP) is 1.26. The summed E-state index contributed by atoms with van der Waals surface area (Å²) < 4.78 is 0. The van der Waals surface area contributed by atoms with Crippen LogP contribution in [0.4, 0.5) is 0 Å². The van der Waals surface area contributed by atoms with E-state index in [9.17, 15) is 24.0 Å². The molecule has 0 spiro atoms. The van der Waals surface area contributed by atoms with E-state index in [1.807, 2.05) is 34.6 Å². The fourth-order valence-corrected chi connectivity index (χ4v) is 5.81. The summed E-state index contributed by atoms with van der Waals surface area (Å²) in [5.41, 5.74) is -0.632. The molecule has 2 saturated heterocycles. The van der Waals surface area contributed by atoms with E-state index in [0.717, 1.165) is 0 Å². The maximum absolute atomic E-state index is 13.8. The molecule has 35 heavy (non-hydrogen) atoms. The topological polar surface area (TPSA) is 125 Å². The molecule has 4 amide bonds. The molecular formula is C26H42N4O5. The number of nitrogens with zero attached hydrogens (tertiary/aromatic N) is 1. The Labute approximate surface area is 208 Å². The molecule has 3 fully saturated rings. The van der Waals surface area contributed by atoms with E-state index in [-0.39, 0.29) is 59.1 Å². The van der Waals surface area contributed by atoms with Crippen LogP contribution in [0.15, 0.2) is 0 Å². The van der Waals surface area contributed by atoms with Crippen LogP contribution in [0, 0.1) is 34.5 Å². The molecule has 9 nitrogen and oxygen atoms in total. The number of carbonyl (C=O) groups is 5. The fourth-order valence-electron chi connectivity index (χ4n) is 5.81. The SMILES string of the molecule is CC(C)CC(=O)NC(C(=O)N1C[C@H]2[C@@H]([C@H]1C(=O)NC(C=O)C[C@@H]1CCNC1=O)C2(C)C)C(C)(C)C. The van der Waals surface area contributed by atoms with Crippen molar-refractivity contribution < 1.29 is 24.0 Å². The van der Waals surface area contributed by atoms with Crippen molar-refractivity contribution in [2.24, 2.45) is 34.5 Å². The summed E-state index contributed by atoms with van der Waals surface area (Å²) in [4.78, 5) is 65.2. The summed E-state index contributed by atoms with van der Waals surface area (Å²) in [5.74, 6) is -0.897. The third-order valence-electron chi connectivity index (χ3n) is 7.97. The normalized spacial score (nSPS) is 28.7. The fraction of sp³-hybridized carbons (Fsp3) is 0.808. The van der Waals surface area contributed by atoms with E-state index in [1.54, 1.807) is 4.90 Å². The van der Waals surface area contributed by atoms with Gasteiger partial charge in [-0.3, -0.25) is 19.2 Å². The second kappa shape index (κ2) is 9.90. The van der Waals surface area contributed by atoms with Gasteiger partial charge in [-0.05, 0) is 41.4 Å². The van der Waals surface area contributed by atoms with Crippen molar-refractivity contribution in [3.05, 3.63) is 0 Å². The minimum absolute atomic E-state index is 0.0134. The zero-order chi connectivity index (χ0) is 26.3. The zero-order valence-electron chi connectivity index (χ0n) is 22.1. The Morgan fingerprint density at radius 1 is 1.20 bits per heavy atom. The molecule has 9 heteroatoms. The van der Waals surface area contributed by atoms with Gasteiger partial charge >= 0.3 is 0 Å². The van der Waals surface area contributed by atoms with Crippen molar-refractivity contribution in [3.8, 4) is 0 Å². The molecule has 0 aromatic carbocycles. The first-order valence-electron chi connectivity index (χ1n) is 12.8. The summed E-state index contributed by atoms with van der Waals surface area (Å²) in [5, 5.41) is 8.48. The Balaban J connectivity index is 1.78. The largest absolute Gasteiger partial charge is 0.356 e. The number of nitrogens with one attached hydrogen (secondary N) is 3. The Morgan fingerprint density at radius 3 is 2.37 bits per heavy atom. The quantitative estimate of drug-likeness (QED) is 0.420. The Morgan fingerprint density at radius 2 is 1.86 bits per heavy atom. The minimum Gasteiger partial charge on any atom is -0.356 e. The highest BCUT2D eigenvalue weighted by Gasteiger charge is 2.69. The van der Waals surface area contributed by atoms with E-state index >= 15 is 0 Å². The number of carbonyl (C=O) groups excluding carboxylic acids is 5. The van der Waals surface area contributed by atoms with Crippen LogP contribution in [0.1, 0.15) is 67.7 Å². The number of piperidine rings is 1. The van der Waals surface area contributed by atoms with Gasteiger partial charge in [0.25, 0.3) is 0 Å². The van der Waals surface area contributed by atoms with E-state index in [2.05, 4.69) is 29.8 Å². The summed E-state index contributed by atoms with van der Waals surface area (Å²) in [6, 6.07) is -2.28. The van der Waals surface area contributed by atoms with Gasteiger partial charge in [0, 0.05) is 25.4 Å². The minimum atomic E-state index is -0.793. The zero-order valence-corrected chi connectivity index (χ0v) is 22.1. The van der Waals surface area contributed by atoms with Gasteiger partial charge in [-0.2, -0.15) is 0 Å². The molecule has 3 rings (SSSR count). The number of aldehydes is 1. The second-order valence-corrected chi connectivity index (χ2v) is 12.6. The summed E-state index contributed by atoms with van der Waals surface area (Å²) in [7, 11) is 0. The van der Waals surface area contributed by atoms with Gasteiger partial charge in [0.2, 0.25) is 23.6 Å². The van der Waals surface area contributed by atoms with Crippen LogP contribution in [0.3, 0.4) is 0 Å². The van der Waals surface area contributed by atoms with E-state index in [1.165, 1.54) is 0 Å². The van der Waals surface area contributed by atoms with Crippen LogP contribution in [0.25, 0.3) is 0 Å². The Bertz CT molecular complexity index is 877. The molecule has 1 saturated carbocycles. The molecule has 6 atom stereocenters. The van der Waals surface area contributed by atoms with Crippen molar-refractivity contribution in [1.82, 2.24) is 20.9 Å². The highest BCUT2D eigenvalue weighted by atomic mass is 16.2. The van der Waals surface area contributed by atoms with Crippen molar-refractivity contribution in [2.75, 3.05) is 13.1 Å². The van der Waals surface area contributed by atoms with Crippen LogP contribution in [-0.4, -0.2) is 66.0 Å². The molecular weight excluding hydrogens is 448 g/mol. The highest BCUT2D eigenvalue weighted by molar-refractivity contribution is 5.94. The van der Waals surface area contributed by atoms with Crippen molar-refractivity contribution in [3.63, 3.8) is 0 Å². The van der Waals surface area contributed by atoms with E-state index < -0.39 is 23.5 Å². The molecule has 0 aromatic heterocycles. The number of fused-ring (bicyclic) bond motifs is 1. The third-order valence-corrected chi connectivity index (χ3v) is 7.97. The maximum atomic E-state index is 13.8. The molecule has 0 aromatic rings. The average molecular weight is 491 g/mol. The van der Waals surface area contributed by atoms with Crippen molar-refractivity contribution >= 4 is 29.9 Å².